The number of hydrogen-bond acceptors (Lipinski definition) is 5. The standard InChI is InChI=1S/C24H21F3N2O4/c25-24(26,27)14-9-10-20(28-11-14)22(31)21(30)12-29-23(32)33-13-19-17-7-3-1-5-15(17)16-6-2-4-8-18(16)19/h1-11,19,21-22,30-31H,12-13H2,(H,29,32). The molecule has 3 N–H and O–H groups in total. The largest absolute Gasteiger partial charge is 0.449 e. The lowest BCUT2D eigenvalue weighted by atomic mass is 9.98. The van der Waals surface area contributed by atoms with Crippen LogP contribution in [0.3, 0.4) is 0 Å². The van der Waals surface area contributed by atoms with Crippen LogP contribution < -0.4 is 5.32 Å². The number of ether oxygens (including phenoxy) is 1. The van der Waals surface area contributed by atoms with Gasteiger partial charge in [-0.05, 0) is 34.4 Å². The molecule has 2 unspecified atom stereocenters. The zero-order valence-corrected chi connectivity index (χ0v) is 17.3. The highest BCUT2D eigenvalue weighted by Crippen LogP contribution is 2.44. The highest BCUT2D eigenvalue weighted by Gasteiger charge is 2.32. The molecule has 0 radical (unpaired) electrons. The molecule has 0 fully saturated rings. The van der Waals surface area contributed by atoms with Crippen molar-refractivity contribution in [3.8, 4) is 11.1 Å². The first-order chi connectivity index (χ1) is 15.8. The van der Waals surface area contributed by atoms with E-state index in [1.807, 2.05) is 48.5 Å². The summed E-state index contributed by atoms with van der Waals surface area (Å²) >= 11 is 0. The van der Waals surface area contributed by atoms with Gasteiger partial charge in [-0.3, -0.25) is 4.98 Å². The fraction of sp³-hybridized carbons (Fsp3) is 0.250. The van der Waals surface area contributed by atoms with E-state index in [0.717, 1.165) is 34.4 Å². The monoisotopic (exact) mass is 458 g/mol. The van der Waals surface area contributed by atoms with Crippen LogP contribution in [0, 0.1) is 0 Å². The van der Waals surface area contributed by atoms with Crippen LogP contribution in [0.2, 0.25) is 0 Å². The zero-order valence-electron chi connectivity index (χ0n) is 17.3. The zero-order chi connectivity index (χ0) is 23.6. The van der Waals surface area contributed by atoms with Crippen molar-refractivity contribution in [1.29, 1.82) is 0 Å². The predicted molar refractivity (Wildman–Crippen MR) is 113 cm³/mol. The molecule has 1 aliphatic rings. The summed E-state index contributed by atoms with van der Waals surface area (Å²) in [6.45, 7) is -0.292. The minimum atomic E-state index is -4.55. The normalized spacial score (nSPS) is 14.8. The second kappa shape index (κ2) is 9.21. The van der Waals surface area contributed by atoms with Crippen LogP contribution in [0.15, 0.2) is 66.9 Å². The van der Waals surface area contributed by atoms with Gasteiger partial charge in [0.1, 0.15) is 18.8 Å². The molecule has 33 heavy (non-hydrogen) atoms. The van der Waals surface area contributed by atoms with Crippen LogP contribution in [0.5, 0.6) is 0 Å². The number of benzene rings is 2. The molecular weight excluding hydrogens is 437 g/mol. The van der Waals surface area contributed by atoms with Gasteiger partial charge in [0, 0.05) is 18.7 Å². The Bertz CT molecular complexity index is 1090. The van der Waals surface area contributed by atoms with Gasteiger partial charge in [0.15, 0.2) is 0 Å². The number of aliphatic hydroxyl groups excluding tert-OH is 2. The van der Waals surface area contributed by atoms with Crippen LogP contribution in [0.4, 0.5) is 18.0 Å². The van der Waals surface area contributed by atoms with Crippen LogP contribution in [0.1, 0.15) is 34.4 Å². The lowest BCUT2D eigenvalue weighted by Gasteiger charge is -2.19. The van der Waals surface area contributed by atoms with Crippen molar-refractivity contribution in [1.82, 2.24) is 10.3 Å². The molecule has 0 saturated carbocycles. The van der Waals surface area contributed by atoms with E-state index in [0.29, 0.717) is 6.20 Å². The van der Waals surface area contributed by atoms with Crippen molar-refractivity contribution < 1.29 is 32.9 Å². The van der Waals surface area contributed by atoms with Gasteiger partial charge in [-0.2, -0.15) is 13.2 Å². The van der Waals surface area contributed by atoms with E-state index in [1.165, 1.54) is 0 Å². The molecule has 1 heterocycles. The number of nitrogens with zero attached hydrogens (tertiary/aromatic N) is 1. The number of aromatic nitrogens is 1. The Morgan fingerprint density at radius 1 is 1.00 bits per heavy atom. The number of amides is 1. The van der Waals surface area contributed by atoms with Crippen molar-refractivity contribution in [2.45, 2.75) is 24.3 Å². The summed E-state index contributed by atoms with van der Waals surface area (Å²) in [5.41, 5.74) is 3.16. The molecule has 1 aliphatic carbocycles. The van der Waals surface area contributed by atoms with Gasteiger partial charge >= 0.3 is 12.3 Å². The van der Waals surface area contributed by atoms with Crippen LogP contribution in [-0.2, 0) is 10.9 Å². The van der Waals surface area contributed by atoms with Crippen molar-refractivity contribution in [3.63, 3.8) is 0 Å². The molecule has 4 rings (SSSR count). The topological polar surface area (TPSA) is 91.7 Å². The average molecular weight is 458 g/mol. The molecule has 172 valence electrons. The van der Waals surface area contributed by atoms with Gasteiger partial charge in [-0.1, -0.05) is 48.5 Å². The lowest BCUT2D eigenvalue weighted by Crippen LogP contribution is -2.36. The number of alkyl halides is 3. The Hall–Kier alpha value is -3.43. The number of carbonyl (C=O) groups excluding carboxylic acids is 1. The van der Waals surface area contributed by atoms with Crippen LogP contribution in [0.25, 0.3) is 11.1 Å². The van der Waals surface area contributed by atoms with E-state index < -0.39 is 30.0 Å². The van der Waals surface area contributed by atoms with Crippen LogP contribution in [-0.4, -0.2) is 40.5 Å². The molecular formula is C24H21F3N2O4. The maximum atomic E-state index is 12.6. The predicted octanol–water partition coefficient (Wildman–Crippen LogP) is 4.03. The van der Waals surface area contributed by atoms with Gasteiger partial charge in [0.2, 0.25) is 0 Å². The summed E-state index contributed by atoms with van der Waals surface area (Å²) in [5.74, 6) is -0.130. The quantitative estimate of drug-likeness (QED) is 0.519. The fourth-order valence-corrected chi connectivity index (χ4v) is 3.89. The first-order valence-electron chi connectivity index (χ1n) is 10.2. The summed E-state index contributed by atoms with van der Waals surface area (Å²) in [7, 11) is 0. The molecule has 1 amide bonds. The van der Waals surface area contributed by atoms with E-state index in [2.05, 4.69) is 10.3 Å². The number of aliphatic hydroxyl groups is 2. The Morgan fingerprint density at radius 3 is 2.15 bits per heavy atom. The number of halogens is 3. The number of hydrogen-bond donors (Lipinski definition) is 3. The van der Waals surface area contributed by atoms with Gasteiger partial charge in [0.05, 0.1) is 11.3 Å². The molecule has 6 nitrogen and oxygen atoms in total. The number of alkyl carbamates (subject to hydrolysis) is 1. The second-order valence-corrected chi connectivity index (χ2v) is 7.69. The number of carbonyl (C=O) groups is 1. The smallest absolute Gasteiger partial charge is 0.417 e. The Labute approximate surface area is 187 Å². The van der Waals surface area contributed by atoms with Crippen molar-refractivity contribution in [2.24, 2.45) is 0 Å². The van der Waals surface area contributed by atoms with Gasteiger partial charge in [-0.15, -0.1) is 0 Å². The number of rotatable bonds is 6. The molecule has 0 aliphatic heterocycles. The summed E-state index contributed by atoms with van der Waals surface area (Å²) in [6, 6.07) is 17.5. The molecule has 1 aromatic heterocycles. The third kappa shape index (κ3) is 4.84. The van der Waals surface area contributed by atoms with E-state index in [1.54, 1.807) is 0 Å². The van der Waals surface area contributed by atoms with Crippen LogP contribution >= 0.6 is 0 Å². The highest BCUT2D eigenvalue weighted by atomic mass is 19.4. The Kier molecular flexibility index (Phi) is 6.35. The minimum Gasteiger partial charge on any atom is -0.449 e. The molecule has 0 bridgehead atoms. The number of pyridine rings is 1. The third-order valence-electron chi connectivity index (χ3n) is 5.58. The van der Waals surface area contributed by atoms with Crippen molar-refractivity contribution in [3.05, 3.63) is 89.2 Å². The maximum absolute atomic E-state index is 12.6. The minimum absolute atomic E-state index is 0.0823. The molecule has 9 heteroatoms. The Balaban J connectivity index is 1.32. The van der Waals surface area contributed by atoms with Gasteiger partial charge < -0.3 is 20.3 Å². The van der Waals surface area contributed by atoms with Crippen molar-refractivity contribution >= 4 is 6.09 Å². The summed E-state index contributed by atoms with van der Waals surface area (Å²) in [4.78, 5) is 15.7. The highest BCUT2D eigenvalue weighted by molar-refractivity contribution is 5.79. The van der Waals surface area contributed by atoms with E-state index in [4.69, 9.17) is 4.74 Å². The molecule has 2 aromatic carbocycles. The SMILES string of the molecule is O=C(NCC(O)C(O)c1ccc(C(F)(F)F)cn1)OCC1c2ccccc2-c2ccccc21. The molecule has 2 atom stereocenters. The average Bonchev–Trinajstić information content (AvgIpc) is 3.14. The van der Waals surface area contributed by atoms with Gasteiger partial charge in [0.25, 0.3) is 0 Å². The van der Waals surface area contributed by atoms with E-state index in [-0.39, 0.29) is 24.8 Å². The summed E-state index contributed by atoms with van der Waals surface area (Å²) < 4.78 is 43.2. The maximum Gasteiger partial charge on any atom is 0.417 e. The lowest BCUT2D eigenvalue weighted by molar-refractivity contribution is -0.137. The third-order valence-corrected chi connectivity index (χ3v) is 5.58. The van der Waals surface area contributed by atoms with E-state index >= 15 is 0 Å². The van der Waals surface area contributed by atoms with E-state index in [9.17, 15) is 28.2 Å². The fourth-order valence-electron chi connectivity index (χ4n) is 3.89. The summed E-state index contributed by atoms with van der Waals surface area (Å²) in [6.07, 6.45) is -7.84. The first kappa shape index (κ1) is 22.8. The number of nitrogens with one attached hydrogen (secondary N) is 1. The Morgan fingerprint density at radius 2 is 1.61 bits per heavy atom. The summed E-state index contributed by atoms with van der Waals surface area (Å²) in [5, 5.41) is 22.6. The molecule has 0 spiro atoms. The first-order valence-corrected chi connectivity index (χ1v) is 10.2. The van der Waals surface area contributed by atoms with Gasteiger partial charge in [-0.25, -0.2) is 4.79 Å². The number of fused-ring (bicyclic) bond motifs is 3. The molecule has 3 aromatic rings. The van der Waals surface area contributed by atoms with Crippen molar-refractivity contribution in [2.75, 3.05) is 13.2 Å². The molecule has 0 saturated heterocycles. The second-order valence-electron chi connectivity index (χ2n) is 7.69.